The molecule has 0 amide bonds. The molecule has 0 atom stereocenters. The Morgan fingerprint density at radius 2 is 0.979 bits per heavy atom. The first kappa shape index (κ1) is 33.9. The van der Waals surface area contributed by atoms with Gasteiger partial charge in [0.25, 0.3) is 0 Å². The summed E-state index contributed by atoms with van der Waals surface area (Å²) in [5.74, 6) is 1.15. The minimum atomic E-state index is -0.704. The van der Waals surface area contributed by atoms with E-state index in [0.717, 1.165) is 42.5 Å². The summed E-state index contributed by atoms with van der Waals surface area (Å²) in [7, 11) is -0.704. The third kappa shape index (κ3) is 7.65. The largest absolute Gasteiger partial charge is 0.534 e. The number of hydrogen-bond acceptors (Lipinski definition) is 6. The Morgan fingerprint density at radius 3 is 1.42 bits per heavy atom. The number of halogens is 2. The highest BCUT2D eigenvalue weighted by molar-refractivity contribution is 9.11. The lowest BCUT2D eigenvalue weighted by Crippen LogP contribution is -2.41. The van der Waals surface area contributed by atoms with Gasteiger partial charge in [-0.05, 0) is 112 Å². The summed E-state index contributed by atoms with van der Waals surface area (Å²) in [5.41, 5.74) is 6.90. The van der Waals surface area contributed by atoms with Crippen molar-refractivity contribution in [3.05, 3.63) is 136 Å². The minimum Gasteiger partial charge on any atom is -0.397 e. The number of benzene rings is 4. The lowest BCUT2D eigenvalue weighted by Gasteiger charge is -2.32. The van der Waals surface area contributed by atoms with Crippen molar-refractivity contribution in [3.63, 3.8) is 0 Å². The summed E-state index contributed by atoms with van der Waals surface area (Å²) in [6.07, 6.45) is 1.78. The van der Waals surface area contributed by atoms with Crippen LogP contribution in [0.2, 0.25) is 0 Å². The van der Waals surface area contributed by atoms with E-state index < -0.39 is 18.3 Å². The molecule has 2 aromatic heterocycles. The fourth-order valence-electron chi connectivity index (χ4n) is 5.15. The predicted octanol–water partition coefficient (Wildman–Crippen LogP) is 9.75. The van der Waals surface area contributed by atoms with E-state index in [1.165, 1.54) is 5.56 Å². The monoisotopic (exact) mass is 760 g/mol. The maximum Gasteiger partial charge on any atom is 0.534 e. The Hall–Kier alpha value is -4.02. The molecule has 7 rings (SSSR count). The first-order valence-electron chi connectivity index (χ1n) is 15.7. The summed E-state index contributed by atoms with van der Waals surface area (Å²) < 4.78 is 14.6. The fraction of sp³-hybridized carbons (Fsp3) is 0.179. The van der Waals surface area contributed by atoms with Gasteiger partial charge in [-0.1, -0.05) is 97.1 Å². The van der Waals surface area contributed by atoms with Crippen LogP contribution in [0.4, 0.5) is 0 Å². The number of aryl methyl sites for hydroxylation is 1. The summed E-state index contributed by atoms with van der Waals surface area (Å²) in [4.78, 5) is 18.7. The number of hydrogen-bond donors (Lipinski definition) is 0. The summed E-state index contributed by atoms with van der Waals surface area (Å²) in [6, 6.07) is 39.1. The third-order valence-corrected chi connectivity index (χ3v) is 9.85. The van der Waals surface area contributed by atoms with E-state index in [2.05, 4.69) is 85.4 Å². The number of aromatic nitrogens is 4. The van der Waals surface area contributed by atoms with Gasteiger partial charge in [0.1, 0.15) is 4.60 Å². The van der Waals surface area contributed by atoms with E-state index in [1.807, 2.05) is 101 Å². The van der Waals surface area contributed by atoms with Crippen LogP contribution in [0.5, 0.6) is 0 Å². The smallest absolute Gasteiger partial charge is 0.397 e. The van der Waals surface area contributed by atoms with E-state index in [0.29, 0.717) is 17.4 Å². The van der Waals surface area contributed by atoms with Crippen LogP contribution < -0.4 is 5.72 Å². The van der Waals surface area contributed by atoms with Crippen molar-refractivity contribution in [1.82, 2.24) is 19.9 Å². The molecule has 48 heavy (non-hydrogen) atoms. The highest BCUT2D eigenvalue weighted by atomic mass is 79.9. The quantitative estimate of drug-likeness (QED) is 0.129. The van der Waals surface area contributed by atoms with Crippen LogP contribution in [-0.4, -0.2) is 38.3 Å². The van der Waals surface area contributed by atoms with Crippen LogP contribution in [0.25, 0.3) is 45.0 Å². The maximum atomic E-state index is 6.34. The van der Waals surface area contributed by atoms with Crippen molar-refractivity contribution in [1.29, 1.82) is 0 Å². The highest BCUT2D eigenvalue weighted by Gasteiger charge is 2.53. The Kier molecular flexibility index (Phi) is 10.0. The van der Waals surface area contributed by atoms with Gasteiger partial charge in [-0.2, -0.15) is 0 Å². The van der Waals surface area contributed by atoms with E-state index in [-0.39, 0.29) is 0 Å². The van der Waals surface area contributed by atoms with Crippen LogP contribution in [0.3, 0.4) is 0 Å². The zero-order valence-corrected chi connectivity index (χ0v) is 30.7. The van der Waals surface area contributed by atoms with Gasteiger partial charge < -0.3 is 9.31 Å². The molecule has 0 N–H and O–H groups in total. The number of rotatable bonds is 5. The summed E-state index contributed by atoms with van der Waals surface area (Å²) in [6.45, 7) is 10.1. The molecule has 6 aromatic rings. The van der Waals surface area contributed by atoms with Crippen LogP contribution in [0.15, 0.2) is 131 Å². The molecule has 1 aliphatic heterocycles. The van der Waals surface area contributed by atoms with Crippen molar-refractivity contribution >= 4 is 44.7 Å². The molecular formula is C39H35BBr2N4O2. The van der Waals surface area contributed by atoms with Gasteiger partial charge in [0.2, 0.25) is 0 Å². The fourth-order valence-corrected chi connectivity index (χ4v) is 5.81. The highest BCUT2D eigenvalue weighted by Crippen LogP contribution is 2.36. The molecule has 0 saturated carbocycles. The van der Waals surface area contributed by atoms with Crippen molar-refractivity contribution < 1.29 is 9.31 Å². The standard InChI is InChI=1S/C33H30BN3O2.C6H5Br2N/c1-32(2)33(3,4)39-34(38-32)31-36-29(27-19-11-17-25(21-27)23-13-7-5-8-14-23)35-30(37-31)28-20-12-18-26(22-28)24-15-9-6-10-16-24;1-4-2-6(8)9-3-5(4)7/h5-22H,1-4H3;2-3H,1H3. The van der Waals surface area contributed by atoms with Crippen LogP contribution in [-0.2, 0) is 9.31 Å². The third-order valence-electron chi connectivity index (χ3n) is 8.59. The topological polar surface area (TPSA) is 70.0 Å². The molecule has 1 saturated heterocycles. The average Bonchev–Trinajstić information content (AvgIpc) is 3.33. The number of pyridine rings is 1. The molecule has 0 radical (unpaired) electrons. The summed E-state index contributed by atoms with van der Waals surface area (Å²) in [5, 5.41) is 0. The van der Waals surface area contributed by atoms with Gasteiger partial charge in [0, 0.05) is 21.8 Å². The lowest BCUT2D eigenvalue weighted by molar-refractivity contribution is 0.00578. The van der Waals surface area contributed by atoms with Crippen molar-refractivity contribution in [3.8, 4) is 45.0 Å². The summed E-state index contributed by atoms with van der Waals surface area (Å²) >= 11 is 6.61. The lowest BCUT2D eigenvalue weighted by atomic mass is 9.88. The molecule has 6 nitrogen and oxygen atoms in total. The van der Waals surface area contributed by atoms with Gasteiger partial charge in [-0.25, -0.2) is 19.9 Å². The van der Waals surface area contributed by atoms with E-state index in [1.54, 1.807) is 6.20 Å². The van der Waals surface area contributed by atoms with Gasteiger partial charge in [-0.15, -0.1) is 0 Å². The van der Waals surface area contributed by atoms with Crippen molar-refractivity contribution in [2.45, 2.75) is 45.8 Å². The zero-order valence-electron chi connectivity index (χ0n) is 27.5. The van der Waals surface area contributed by atoms with Crippen molar-refractivity contribution in [2.24, 2.45) is 0 Å². The normalized spacial score (nSPS) is 14.7. The van der Waals surface area contributed by atoms with Gasteiger partial charge in [0.05, 0.1) is 11.2 Å². The van der Waals surface area contributed by atoms with E-state index >= 15 is 0 Å². The molecule has 0 bridgehead atoms. The first-order valence-corrected chi connectivity index (χ1v) is 17.3. The number of nitrogens with zero attached hydrogens (tertiary/aromatic N) is 4. The molecule has 0 unspecified atom stereocenters. The molecule has 0 spiro atoms. The Morgan fingerprint density at radius 1 is 0.542 bits per heavy atom. The SMILES string of the molecule is CC1(C)OB(c2nc(-c3cccc(-c4ccccc4)c3)nc(-c3cccc(-c4ccccc4)c3)n2)OC1(C)C.Cc1cc(Br)ncc1Br. The van der Waals surface area contributed by atoms with Gasteiger partial charge in [0.15, 0.2) is 17.4 Å². The maximum absolute atomic E-state index is 6.34. The van der Waals surface area contributed by atoms with Crippen molar-refractivity contribution in [2.75, 3.05) is 0 Å². The van der Waals surface area contributed by atoms with Gasteiger partial charge >= 0.3 is 7.12 Å². The molecule has 1 fully saturated rings. The van der Waals surface area contributed by atoms with Gasteiger partial charge in [-0.3, -0.25) is 0 Å². The molecular weight excluding hydrogens is 727 g/mol. The molecule has 9 heteroatoms. The van der Waals surface area contributed by atoms with E-state index in [9.17, 15) is 0 Å². The molecule has 1 aliphatic rings. The Bertz CT molecular complexity index is 1920. The van der Waals surface area contributed by atoms with Crippen LogP contribution >= 0.6 is 31.9 Å². The second-order valence-electron chi connectivity index (χ2n) is 12.6. The average molecular weight is 762 g/mol. The van der Waals surface area contributed by atoms with E-state index in [4.69, 9.17) is 24.3 Å². The predicted molar refractivity (Wildman–Crippen MR) is 202 cm³/mol. The second-order valence-corrected chi connectivity index (χ2v) is 14.2. The first-order chi connectivity index (χ1) is 23.0. The Labute approximate surface area is 299 Å². The molecule has 4 aromatic carbocycles. The zero-order chi connectivity index (χ0) is 33.9. The molecule has 0 aliphatic carbocycles. The minimum absolute atomic E-state index is 0.462. The van der Waals surface area contributed by atoms with Crippen LogP contribution in [0.1, 0.15) is 33.3 Å². The second kappa shape index (κ2) is 14.2. The van der Waals surface area contributed by atoms with Crippen LogP contribution in [0, 0.1) is 6.92 Å². The Balaban J connectivity index is 0.000000388. The molecule has 240 valence electrons. The molecule has 3 heterocycles.